The first-order chi connectivity index (χ1) is 11.9. The van der Waals surface area contributed by atoms with E-state index in [2.05, 4.69) is 10.0 Å². The summed E-state index contributed by atoms with van der Waals surface area (Å²) in [5.41, 5.74) is 1.04. The smallest absolute Gasteiger partial charge is 0.241 e. The molecule has 0 aliphatic heterocycles. The minimum Gasteiger partial charge on any atom is -0.497 e. The van der Waals surface area contributed by atoms with Crippen molar-refractivity contribution in [3.8, 4) is 5.75 Å². The third-order valence-corrected chi connectivity index (χ3v) is 5.06. The molecule has 0 saturated carbocycles. The van der Waals surface area contributed by atoms with Crippen LogP contribution < -0.4 is 14.8 Å². The van der Waals surface area contributed by atoms with Crippen LogP contribution in [0, 0.1) is 0 Å². The number of ether oxygens (including phenoxy) is 1. The van der Waals surface area contributed by atoms with Gasteiger partial charge >= 0.3 is 0 Å². The summed E-state index contributed by atoms with van der Waals surface area (Å²) in [5, 5.41) is 2.98. The zero-order chi connectivity index (χ0) is 18.3. The van der Waals surface area contributed by atoms with Gasteiger partial charge in [0.2, 0.25) is 15.9 Å². The summed E-state index contributed by atoms with van der Waals surface area (Å²) in [4.78, 5) is 11.8. The van der Waals surface area contributed by atoms with Gasteiger partial charge < -0.3 is 10.1 Å². The van der Waals surface area contributed by atoms with Crippen molar-refractivity contribution in [1.82, 2.24) is 10.0 Å². The van der Waals surface area contributed by atoms with Crippen LogP contribution in [0.2, 0.25) is 5.02 Å². The van der Waals surface area contributed by atoms with Gasteiger partial charge in [-0.2, -0.15) is 0 Å². The van der Waals surface area contributed by atoms with Crippen LogP contribution in [0.25, 0.3) is 0 Å². The molecular weight excluding hydrogens is 364 g/mol. The molecule has 25 heavy (non-hydrogen) atoms. The minimum atomic E-state index is -3.77. The van der Waals surface area contributed by atoms with Crippen LogP contribution in [-0.2, 0) is 21.2 Å². The molecule has 6 nitrogen and oxygen atoms in total. The summed E-state index contributed by atoms with van der Waals surface area (Å²) in [6.45, 7) is 0.0709. The Morgan fingerprint density at radius 3 is 2.52 bits per heavy atom. The molecule has 0 aliphatic carbocycles. The second-order valence-electron chi connectivity index (χ2n) is 5.23. The van der Waals surface area contributed by atoms with Crippen LogP contribution in [0.15, 0.2) is 53.4 Å². The van der Waals surface area contributed by atoms with Gasteiger partial charge in [0.25, 0.3) is 0 Å². The molecule has 0 atom stereocenters. The summed E-state index contributed by atoms with van der Waals surface area (Å²) in [7, 11) is -2.18. The van der Waals surface area contributed by atoms with E-state index in [9.17, 15) is 13.2 Å². The average molecular weight is 383 g/mol. The van der Waals surface area contributed by atoms with E-state index >= 15 is 0 Å². The summed E-state index contributed by atoms with van der Waals surface area (Å²) in [6, 6.07) is 13.4. The van der Waals surface area contributed by atoms with Crippen LogP contribution in [0.4, 0.5) is 0 Å². The lowest BCUT2D eigenvalue weighted by Gasteiger charge is -2.08. The zero-order valence-electron chi connectivity index (χ0n) is 13.7. The standard InChI is InChI=1S/C17H19ClN2O4S/c1-24-15-7-5-13(6-8-15)9-10-19-17(21)12-20-25(22,23)16-4-2-3-14(18)11-16/h2-8,11,20H,9-10,12H2,1H3,(H,19,21). The van der Waals surface area contributed by atoms with Crippen molar-refractivity contribution in [2.75, 3.05) is 20.2 Å². The maximum Gasteiger partial charge on any atom is 0.241 e. The lowest BCUT2D eigenvalue weighted by atomic mass is 10.1. The fourth-order valence-corrected chi connectivity index (χ4v) is 3.36. The highest BCUT2D eigenvalue weighted by atomic mass is 35.5. The molecule has 0 fully saturated rings. The van der Waals surface area contributed by atoms with Crippen molar-refractivity contribution in [3.05, 3.63) is 59.1 Å². The number of carbonyl (C=O) groups is 1. The van der Waals surface area contributed by atoms with Gasteiger partial charge in [0.1, 0.15) is 5.75 Å². The lowest BCUT2D eigenvalue weighted by molar-refractivity contribution is -0.119. The molecule has 1 amide bonds. The van der Waals surface area contributed by atoms with Crippen molar-refractivity contribution >= 4 is 27.5 Å². The number of nitrogens with one attached hydrogen (secondary N) is 2. The topological polar surface area (TPSA) is 84.5 Å². The summed E-state index contributed by atoms with van der Waals surface area (Å²) >= 11 is 5.78. The zero-order valence-corrected chi connectivity index (χ0v) is 15.2. The Kier molecular flexibility index (Phi) is 6.81. The third-order valence-electron chi connectivity index (χ3n) is 3.42. The van der Waals surface area contributed by atoms with Gasteiger partial charge in [-0.15, -0.1) is 0 Å². The van der Waals surface area contributed by atoms with Gasteiger partial charge in [-0.1, -0.05) is 29.8 Å². The first-order valence-corrected chi connectivity index (χ1v) is 9.42. The number of sulfonamides is 1. The molecule has 0 heterocycles. The Labute approximate surface area is 152 Å². The van der Waals surface area contributed by atoms with Gasteiger partial charge in [0, 0.05) is 11.6 Å². The predicted octanol–water partition coefficient (Wildman–Crippen LogP) is 1.99. The molecule has 0 spiro atoms. The number of halogens is 1. The van der Waals surface area contributed by atoms with Crippen LogP contribution in [-0.4, -0.2) is 34.5 Å². The molecule has 2 N–H and O–H groups in total. The van der Waals surface area contributed by atoms with Gasteiger partial charge in [0.05, 0.1) is 18.6 Å². The largest absolute Gasteiger partial charge is 0.497 e. The molecule has 0 radical (unpaired) electrons. The molecule has 2 aromatic rings. The van der Waals surface area contributed by atoms with E-state index in [1.807, 2.05) is 24.3 Å². The average Bonchev–Trinajstić information content (AvgIpc) is 2.61. The number of carbonyl (C=O) groups excluding carboxylic acids is 1. The highest BCUT2D eigenvalue weighted by Crippen LogP contribution is 2.15. The van der Waals surface area contributed by atoms with E-state index in [0.29, 0.717) is 18.0 Å². The fraction of sp³-hybridized carbons (Fsp3) is 0.235. The van der Waals surface area contributed by atoms with Crippen molar-refractivity contribution in [2.24, 2.45) is 0 Å². The lowest BCUT2D eigenvalue weighted by Crippen LogP contribution is -2.37. The number of amides is 1. The summed E-state index contributed by atoms with van der Waals surface area (Å²) in [5.74, 6) is 0.363. The second-order valence-corrected chi connectivity index (χ2v) is 7.43. The van der Waals surface area contributed by atoms with E-state index < -0.39 is 15.9 Å². The van der Waals surface area contributed by atoms with E-state index in [4.69, 9.17) is 16.3 Å². The Hall–Kier alpha value is -2.09. The van der Waals surface area contributed by atoms with Gasteiger partial charge in [0.15, 0.2) is 0 Å². The van der Waals surface area contributed by atoms with Crippen molar-refractivity contribution in [1.29, 1.82) is 0 Å². The van der Waals surface area contributed by atoms with E-state index in [0.717, 1.165) is 11.3 Å². The van der Waals surface area contributed by atoms with Crippen molar-refractivity contribution in [2.45, 2.75) is 11.3 Å². The maximum absolute atomic E-state index is 12.1. The number of benzene rings is 2. The fourth-order valence-electron chi connectivity index (χ4n) is 2.08. The van der Waals surface area contributed by atoms with E-state index in [1.54, 1.807) is 13.2 Å². The second kappa shape index (κ2) is 8.84. The number of hydrogen-bond donors (Lipinski definition) is 2. The van der Waals surface area contributed by atoms with Gasteiger partial charge in [-0.3, -0.25) is 4.79 Å². The van der Waals surface area contributed by atoms with Crippen molar-refractivity contribution in [3.63, 3.8) is 0 Å². The SMILES string of the molecule is COc1ccc(CCNC(=O)CNS(=O)(=O)c2cccc(Cl)c2)cc1. The molecule has 2 rings (SSSR count). The number of methoxy groups -OCH3 is 1. The van der Waals surface area contributed by atoms with Crippen LogP contribution in [0.5, 0.6) is 5.75 Å². The number of rotatable bonds is 8. The van der Waals surface area contributed by atoms with E-state index in [1.165, 1.54) is 18.2 Å². The third kappa shape index (κ3) is 6.04. The molecular formula is C17H19ClN2O4S. The summed E-state index contributed by atoms with van der Waals surface area (Å²) < 4.78 is 31.5. The number of hydrogen-bond acceptors (Lipinski definition) is 4. The maximum atomic E-state index is 12.1. The highest BCUT2D eigenvalue weighted by Gasteiger charge is 2.15. The normalized spacial score (nSPS) is 11.1. The predicted molar refractivity (Wildman–Crippen MR) is 96.3 cm³/mol. The van der Waals surface area contributed by atoms with Gasteiger partial charge in [-0.05, 0) is 42.3 Å². The van der Waals surface area contributed by atoms with Gasteiger partial charge in [-0.25, -0.2) is 13.1 Å². The molecule has 2 aromatic carbocycles. The Balaban J connectivity index is 1.78. The highest BCUT2D eigenvalue weighted by molar-refractivity contribution is 7.89. The van der Waals surface area contributed by atoms with Crippen LogP contribution in [0.1, 0.15) is 5.56 Å². The molecule has 0 saturated heterocycles. The Morgan fingerprint density at radius 1 is 1.16 bits per heavy atom. The van der Waals surface area contributed by atoms with Crippen LogP contribution >= 0.6 is 11.6 Å². The quantitative estimate of drug-likeness (QED) is 0.731. The molecule has 0 aliphatic rings. The molecule has 0 aromatic heterocycles. The Bertz CT molecular complexity index is 823. The van der Waals surface area contributed by atoms with Crippen molar-refractivity contribution < 1.29 is 17.9 Å². The monoisotopic (exact) mass is 382 g/mol. The van der Waals surface area contributed by atoms with Crippen LogP contribution in [0.3, 0.4) is 0 Å². The molecule has 134 valence electrons. The van der Waals surface area contributed by atoms with E-state index in [-0.39, 0.29) is 11.4 Å². The summed E-state index contributed by atoms with van der Waals surface area (Å²) in [6.07, 6.45) is 0.636. The molecule has 0 unspecified atom stereocenters. The first-order valence-electron chi connectivity index (χ1n) is 7.55. The molecule has 8 heteroatoms. The molecule has 0 bridgehead atoms. The first kappa shape index (κ1) is 19.2. The minimum absolute atomic E-state index is 0.0195. The Morgan fingerprint density at radius 2 is 1.88 bits per heavy atom.